The predicted octanol–water partition coefficient (Wildman–Crippen LogP) is 4.05. The highest BCUT2D eigenvalue weighted by Gasteiger charge is 2.38. The smallest absolute Gasteiger partial charge is 0.410 e. The molecule has 130 valence electrons. The van der Waals surface area contributed by atoms with Gasteiger partial charge in [-0.1, -0.05) is 6.07 Å². The van der Waals surface area contributed by atoms with E-state index in [2.05, 4.69) is 6.07 Å². The highest BCUT2D eigenvalue weighted by molar-refractivity contribution is 5.68. The van der Waals surface area contributed by atoms with E-state index in [4.69, 9.17) is 4.74 Å². The van der Waals surface area contributed by atoms with Crippen LogP contribution in [0.4, 0.5) is 13.6 Å². The second-order valence-corrected chi connectivity index (χ2v) is 7.27. The lowest BCUT2D eigenvalue weighted by molar-refractivity contribution is 0.0148. The number of hydrogen-bond acceptors (Lipinski definition) is 3. The van der Waals surface area contributed by atoms with Gasteiger partial charge in [0.1, 0.15) is 17.2 Å². The number of rotatable bonds is 2. The molecule has 0 radical (unpaired) electrons. The number of halogens is 2. The van der Waals surface area contributed by atoms with Crippen molar-refractivity contribution >= 4 is 6.09 Å². The van der Waals surface area contributed by atoms with Gasteiger partial charge in [-0.2, -0.15) is 5.26 Å². The first kappa shape index (κ1) is 18.2. The minimum Gasteiger partial charge on any atom is -0.444 e. The van der Waals surface area contributed by atoms with Gasteiger partial charge in [-0.3, -0.25) is 0 Å². The molecule has 0 N–H and O–H groups in total. The van der Waals surface area contributed by atoms with Crippen molar-refractivity contribution in [2.24, 2.45) is 5.41 Å². The lowest BCUT2D eigenvalue weighted by atomic mass is 9.75. The monoisotopic (exact) mass is 336 g/mol. The minimum atomic E-state index is -0.753. The maximum Gasteiger partial charge on any atom is 0.410 e. The fourth-order valence-corrected chi connectivity index (χ4v) is 2.80. The van der Waals surface area contributed by atoms with Crippen LogP contribution in [-0.2, 0) is 11.2 Å². The molecule has 1 saturated heterocycles. The summed E-state index contributed by atoms with van der Waals surface area (Å²) in [5.41, 5.74) is -1.00. The second-order valence-electron chi connectivity index (χ2n) is 7.27. The number of carbonyl (C=O) groups is 1. The zero-order valence-corrected chi connectivity index (χ0v) is 14.2. The van der Waals surface area contributed by atoms with Crippen molar-refractivity contribution in [1.82, 2.24) is 4.90 Å². The molecule has 4 nitrogen and oxygen atoms in total. The number of nitrogens with zero attached hydrogens (tertiary/aromatic N) is 2. The number of hydrogen-bond donors (Lipinski definition) is 0. The van der Waals surface area contributed by atoms with E-state index in [1.54, 1.807) is 25.7 Å². The van der Waals surface area contributed by atoms with Crippen molar-refractivity contribution in [2.45, 2.75) is 45.6 Å². The first-order chi connectivity index (χ1) is 11.1. The Morgan fingerprint density at radius 1 is 1.33 bits per heavy atom. The van der Waals surface area contributed by atoms with E-state index in [1.807, 2.05) is 0 Å². The van der Waals surface area contributed by atoms with Gasteiger partial charge >= 0.3 is 6.09 Å². The van der Waals surface area contributed by atoms with Gasteiger partial charge in [0.15, 0.2) is 0 Å². The second kappa shape index (κ2) is 6.76. The van der Waals surface area contributed by atoms with Crippen LogP contribution in [-0.4, -0.2) is 29.7 Å². The number of ether oxygens (including phenoxy) is 1. The molecule has 1 aromatic carbocycles. The Morgan fingerprint density at radius 3 is 2.46 bits per heavy atom. The standard InChI is InChI=1S/C18H22F2N2O2/c1-17(2,3)24-16(23)22-8-6-18(12-21,7-9-22)11-13-4-5-14(19)10-15(13)20/h4-5,10H,6-9,11H2,1-3H3. The van der Waals surface area contributed by atoms with E-state index >= 15 is 0 Å². The molecule has 0 atom stereocenters. The summed E-state index contributed by atoms with van der Waals surface area (Å²) in [6.07, 6.45) is 0.665. The van der Waals surface area contributed by atoms with Gasteiger partial charge in [-0.05, 0) is 51.7 Å². The van der Waals surface area contributed by atoms with Gasteiger partial charge in [0, 0.05) is 19.2 Å². The topological polar surface area (TPSA) is 53.3 Å². The lowest BCUT2D eigenvalue weighted by Crippen LogP contribution is -2.45. The Kier molecular flexibility index (Phi) is 5.12. The van der Waals surface area contributed by atoms with Crippen LogP contribution in [0.25, 0.3) is 0 Å². The minimum absolute atomic E-state index is 0.206. The Morgan fingerprint density at radius 2 is 1.96 bits per heavy atom. The zero-order chi connectivity index (χ0) is 18.0. The summed E-state index contributed by atoms with van der Waals surface area (Å²) in [6.45, 7) is 6.15. The predicted molar refractivity (Wildman–Crippen MR) is 85.1 cm³/mol. The van der Waals surface area contributed by atoms with Crippen molar-refractivity contribution in [3.8, 4) is 6.07 Å². The summed E-state index contributed by atoms with van der Waals surface area (Å²) in [6, 6.07) is 5.68. The van der Waals surface area contributed by atoms with Crippen LogP contribution >= 0.6 is 0 Å². The van der Waals surface area contributed by atoms with Gasteiger partial charge in [-0.25, -0.2) is 13.6 Å². The van der Waals surface area contributed by atoms with Crippen LogP contribution < -0.4 is 0 Å². The molecule has 1 aliphatic heterocycles. The maximum atomic E-state index is 13.9. The molecular formula is C18H22F2N2O2. The molecule has 24 heavy (non-hydrogen) atoms. The average Bonchev–Trinajstić information content (AvgIpc) is 2.49. The SMILES string of the molecule is CC(C)(C)OC(=O)N1CCC(C#N)(Cc2ccc(F)cc2F)CC1. The number of nitriles is 1. The van der Waals surface area contributed by atoms with E-state index in [1.165, 1.54) is 12.1 Å². The molecule has 1 aromatic rings. The number of carbonyl (C=O) groups excluding carboxylic acids is 1. The molecule has 0 bridgehead atoms. The van der Waals surface area contributed by atoms with Crippen molar-refractivity contribution in [3.05, 3.63) is 35.4 Å². The molecule has 1 fully saturated rings. The Hall–Kier alpha value is -2.16. The van der Waals surface area contributed by atoms with Gasteiger partial charge in [0.05, 0.1) is 11.5 Å². The maximum absolute atomic E-state index is 13.9. The molecular weight excluding hydrogens is 314 g/mol. The van der Waals surface area contributed by atoms with Crippen LogP contribution in [0.2, 0.25) is 0 Å². The van der Waals surface area contributed by atoms with E-state index in [0.717, 1.165) is 6.07 Å². The third-order valence-corrected chi connectivity index (χ3v) is 4.15. The average molecular weight is 336 g/mol. The van der Waals surface area contributed by atoms with Crippen LogP contribution in [0.15, 0.2) is 18.2 Å². The molecule has 1 amide bonds. The molecule has 1 heterocycles. The van der Waals surface area contributed by atoms with Crippen LogP contribution in [0.5, 0.6) is 0 Å². The molecule has 0 aromatic heterocycles. The molecule has 0 aliphatic carbocycles. The summed E-state index contributed by atoms with van der Waals surface area (Å²) in [4.78, 5) is 13.7. The van der Waals surface area contributed by atoms with Crippen molar-refractivity contribution in [3.63, 3.8) is 0 Å². The molecule has 0 spiro atoms. The normalized spacial score (nSPS) is 17.2. The first-order valence-electron chi connectivity index (χ1n) is 7.97. The summed E-state index contributed by atoms with van der Waals surface area (Å²) < 4.78 is 32.2. The third-order valence-electron chi connectivity index (χ3n) is 4.15. The van der Waals surface area contributed by atoms with Crippen molar-refractivity contribution < 1.29 is 18.3 Å². The lowest BCUT2D eigenvalue weighted by Gasteiger charge is -2.38. The van der Waals surface area contributed by atoms with Crippen molar-refractivity contribution in [1.29, 1.82) is 5.26 Å². The summed E-state index contributed by atoms with van der Waals surface area (Å²) in [7, 11) is 0. The largest absolute Gasteiger partial charge is 0.444 e. The van der Waals surface area contributed by atoms with Crippen molar-refractivity contribution in [2.75, 3.05) is 13.1 Å². The van der Waals surface area contributed by atoms with Gasteiger partial charge in [0.2, 0.25) is 0 Å². The number of amides is 1. The van der Waals surface area contributed by atoms with Gasteiger partial charge < -0.3 is 9.64 Å². The Balaban J connectivity index is 2.04. The highest BCUT2D eigenvalue weighted by Crippen LogP contribution is 2.35. The van der Waals surface area contributed by atoms with Gasteiger partial charge in [0.25, 0.3) is 0 Å². The molecule has 0 saturated carbocycles. The fraction of sp³-hybridized carbons (Fsp3) is 0.556. The van der Waals surface area contributed by atoms with Crippen LogP contribution in [0, 0.1) is 28.4 Å². The summed E-state index contributed by atoms with van der Waals surface area (Å²) in [5, 5.41) is 9.58. The number of piperidine rings is 1. The van der Waals surface area contributed by atoms with E-state index in [9.17, 15) is 18.8 Å². The van der Waals surface area contributed by atoms with E-state index < -0.39 is 28.7 Å². The quantitative estimate of drug-likeness (QED) is 0.819. The fourth-order valence-electron chi connectivity index (χ4n) is 2.80. The van der Waals surface area contributed by atoms with Crippen LogP contribution in [0.3, 0.4) is 0 Å². The zero-order valence-electron chi connectivity index (χ0n) is 14.2. The number of benzene rings is 1. The first-order valence-corrected chi connectivity index (χ1v) is 7.97. The third kappa shape index (κ3) is 4.44. The summed E-state index contributed by atoms with van der Waals surface area (Å²) >= 11 is 0. The highest BCUT2D eigenvalue weighted by atomic mass is 19.1. The molecule has 6 heteroatoms. The van der Waals surface area contributed by atoms with Gasteiger partial charge in [-0.15, -0.1) is 0 Å². The molecule has 2 rings (SSSR count). The summed E-state index contributed by atoms with van der Waals surface area (Å²) in [5.74, 6) is -1.28. The molecule has 0 unspecified atom stereocenters. The van der Waals surface area contributed by atoms with Crippen LogP contribution in [0.1, 0.15) is 39.2 Å². The Labute approximate surface area is 141 Å². The number of likely N-dealkylation sites (tertiary alicyclic amines) is 1. The van der Waals surface area contributed by atoms with E-state index in [-0.39, 0.29) is 6.42 Å². The Bertz CT molecular complexity index is 654. The molecule has 1 aliphatic rings. The van der Waals surface area contributed by atoms with E-state index in [0.29, 0.717) is 31.5 Å².